The van der Waals surface area contributed by atoms with Crippen LogP contribution in [-0.2, 0) is 19.1 Å². The van der Waals surface area contributed by atoms with Gasteiger partial charge in [-0.15, -0.1) is 0 Å². The van der Waals surface area contributed by atoms with E-state index in [9.17, 15) is 9.59 Å². The average Bonchev–Trinajstić information content (AvgIpc) is 2.68. The van der Waals surface area contributed by atoms with E-state index in [1.165, 1.54) is 19.3 Å². The van der Waals surface area contributed by atoms with Crippen molar-refractivity contribution < 1.29 is 19.1 Å². The van der Waals surface area contributed by atoms with Crippen molar-refractivity contribution in [3.8, 4) is 0 Å². The standard InChI is InChI=1S/C19H35N3O4/c1-25-14-15-26-13-5-8-20-18(23)16-21-9-11-22(12-10-21)19(24)17-6-3-2-4-7-17/h17H,2-16H2,1H3,(H,20,23). The number of rotatable bonds is 10. The molecule has 2 rings (SSSR count). The van der Waals surface area contributed by atoms with Gasteiger partial charge in [0.25, 0.3) is 0 Å². The van der Waals surface area contributed by atoms with E-state index in [1.807, 2.05) is 4.90 Å². The Balaban J connectivity index is 1.53. The first kappa shape index (κ1) is 21.1. The molecule has 2 aliphatic rings. The zero-order chi connectivity index (χ0) is 18.6. The molecule has 1 aliphatic heterocycles. The van der Waals surface area contributed by atoms with Crippen molar-refractivity contribution in [2.24, 2.45) is 5.92 Å². The minimum Gasteiger partial charge on any atom is -0.382 e. The smallest absolute Gasteiger partial charge is 0.234 e. The second-order valence-electron chi connectivity index (χ2n) is 7.25. The van der Waals surface area contributed by atoms with Crippen molar-refractivity contribution in [2.75, 3.05) is 66.2 Å². The highest BCUT2D eigenvalue weighted by Crippen LogP contribution is 2.25. The lowest BCUT2D eigenvalue weighted by molar-refractivity contribution is -0.138. The van der Waals surface area contributed by atoms with E-state index in [0.29, 0.717) is 38.8 Å². The Hall–Kier alpha value is -1.18. The summed E-state index contributed by atoms with van der Waals surface area (Å²) in [6, 6.07) is 0. The largest absolute Gasteiger partial charge is 0.382 e. The molecule has 2 fully saturated rings. The van der Waals surface area contributed by atoms with Gasteiger partial charge in [-0.2, -0.15) is 0 Å². The van der Waals surface area contributed by atoms with Crippen LogP contribution < -0.4 is 5.32 Å². The highest BCUT2D eigenvalue weighted by Gasteiger charge is 2.28. The zero-order valence-corrected chi connectivity index (χ0v) is 16.2. The van der Waals surface area contributed by atoms with Gasteiger partial charge in [-0.05, 0) is 19.3 Å². The lowest BCUT2D eigenvalue weighted by atomic mass is 9.88. The molecule has 7 heteroatoms. The van der Waals surface area contributed by atoms with Gasteiger partial charge in [0.1, 0.15) is 0 Å². The normalized spacial score (nSPS) is 19.5. The summed E-state index contributed by atoms with van der Waals surface area (Å²) in [6.07, 6.45) is 6.56. The van der Waals surface area contributed by atoms with Crippen LogP contribution in [0.3, 0.4) is 0 Å². The molecule has 7 nitrogen and oxygen atoms in total. The molecule has 0 atom stereocenters. The van der Waals surface area contributed by atoms with E-state index in [1.54, 1.807) is 7.11 Å². The van der Waals surface area contributed by atoms with Crippen LogP contribution in [0.5, 0.6) is 0 Å². The molecule has 0 aromatic rings. The van der Waals surface area contributed by atoms with Crippen LogP contribution in [0.15, 0.2) is 0 Å². The Morgan fingerprint density at radius 1 is 1.00 bits per heavy atom. The Morgan fingerprint density at radius 2 is 1.73 bits per heavy atom. The summed E-state index contributed by atoms with van der Waals surface area (Å²) in [4.78, 5) is 28.7. The van der Waals surface area contributed by atoms with Gasteiger partial charge in [-0.3, -0.25) is 14.5 Å². The first-order valence-electron chi connectivity index (χ1n) is 10.0. The minimum atomic E-state index is 0.0500. The maximum absolute atomic E-state index is 12.6. The van der Waals surface area contributed by atoms with Crippen LogP contribution in [0, 0.1) is 5.92 Å². The van der Waals surface area contributed by atoms with Gasteiger partial charge >= 0.3 is 0 Å². The molecule has 0 radical (unpaired) electrons. The Labute approximate surface area is 157 Å². The number of nitrogens with zero attached hydrogens (tertiary/aromatic N) is 2. The monoisotopic (exact) mass is 369 g/mol. The number of carbonyl (C=O) groups is 2. The second-order valence-corrected chi connectivity index (χ2v) is 7.25. The van der Waals surface area contributed by atoms with Crippen molar-refractivity contribution >= 4 is 11.8 Å². The summed E-state index contributed by atoms with van der Waals surface area (Å²) in [5, 5.41) is 2.93. The number of ether oxygens (including phenoxy) is 2. The summed E-state index contributed by atoms with van der Waals surface area (Å²) in [5.41, 5.74) is 0. The molecule has 1 heterocycles. The van der Waals surface area contributed by atoms with Gasteiger partial charge < -0.3 is 19.7 Å². The molecule has 0 bridgehead atoms. The number of methoxy groups -OCH3 is 1. The van der Waals surface area contributed by atoms with Crippen molar-refractivity contribution in [2.45, 2.75) is 38.5 Å². The van der Waals surface area contributed by atoms with Crippen molar-refractivity contribution in [3.05, 3.63) is 0 Å². The second kappa shape index (κ2) is 12.3. The maximum Gasteiger partial charge on any atom is 0.234 e. The van der Waals surface area contributed by atoms with Crippen LogP contribution in [0.2, 0.25) is 0 Å². The van der Waals surface area contributed by atoms with E-state index >= 15 is 0 Å². The number of piperazine rings is 1. The summed E-state index contributed by atoms with van der Waals surface area (Å²) in [6.45, 7) is 5.92. The summed E-state index contributed by atoms with van der Waals surface area (Å²) in [7, 11) is 1.65. The summed E-state index contributed by atoms with van der Waals surface area (Å²) < 4.78 is 10.3. The third-order valence-electron chi connectivity index (χ3n) is 5.23. The predicted molar refractivity (Wildman–Crippen MR) is 99.9 cm³/mol. The van der Waals surface area contributed by atoms with E-state index < -0.39 is 0 Å². The van der Waals surface area contributed by atoms with Crippen LogP contribution in [0.4, 0.5) is 0 Å². The lowest BCUT2D eigenvalue weighted by Crippen LogP contribution is -2.52. The van der Waals surface area contributed by atoms with Gasteiger partial charge in [0, 0.05) is 52.4 Å². The van der Waals surface area contributed by atoms with Crippen LogP contribution in [0.1, 0.15) is 38.5 Å². The van der Waals surface area contributed by atoms with Crippen LogP contribution in [-0.4, -0.2) is 87.8 Å². The molecule has 1 aliphatic carbocycles. The maximum atomic E-state index is 12.6. The molecule has 150 valence electrons. The third kappa shape index (κ3) is 7.60. The fourth-order valence-electron chi connectivity index (χ4n) is 3.64. The van der Waals surface area contributed by atoms with Crippen LogP contribution >= 0.6 is 0 Å². The van der Waals surface area contributed by atoms with Gasteiger partial charge in [-0.1, -0.05) is 19.3 Å². The van der Waals surface area contributed by atoms with E-state index in [0.717, 1.165) is 45.4 Å². The molecule has 1 saturated heterocycles. The number of hydrogen-bond acceptors (Lipinski definition) is 5. The third-order valence-corrected chi connectivity index (χ3v) is 5.23. The van der Waals surface area contributed by atoms with Gasteiger partial charge in [-0.25, -0.2) is 0 Å². The molecule has 0 aromatic heterocycles. The molecule has 26 heavy (non-hydrogen) atoms. The van der Waals surface area contributed by atoms with E-state index in [4.69, 9.17) is 9.47 Å². The molecule has 1 saturated carbocycles. The fraction of sp³-hybridized carbons (Fsp3) is 0.895. The zero-order valence-electron chi connectivity index (χ0n) is 16.2. The topological polar surface area (TPSA) is 71.1 Å². The molecular formula is C19H35N3O4. The SMILES string of the molecule is COCCOCCCNC(=O)CN1CCN(C(=O)C2CCCCC2)CC1. The number of amides is 2. The lowest BCUT2D eigenvalue weighted by Gasteiger charge is -2.36. The van der Waals surface area contributed by atoms with E-state index in [-0.39, 0.29) is 11.8 Å². The number of hydrogen-bond donors (Lipinski definition) is 1. The van der Waals surface area contributed by atoms with Gasteiger partial charge in [0.15, 0.2) is 0 Å². The highest BCUT2D eigenvalue weighted by atomic mass is 16.5. The molecule has 1 N–H and O–H groups in total. The molecule has 0 spiro atoms. The molecule has 0 aromatic carbocycles. The Kier molecular flexibility index (Phi) is 9.95. The number of carbonyl (C=O) groups excluding carboxylic acids is 2. The highest BCUT2D eigenvalue weighted by molar-refractivity contribution is 5.79. The summed E-state index contributed by atoms with van der Waals surface area (Å²) >= 11 is 0. The quantitative estimate of drug-likeness (QED) is 0.579. The Bertz CT molecular complexity index is 419. The summed E-state index contributed by atoms with van der Waals surface area (Å²) in [5.74, 6) is 0.626. The molecule has 2 amide bonds. The van der Waals surface area contributed by atoms with Crippen molar-refractivity contribution in [1.82, 2.24) is 15.1 Å². The number of nitrogens with one attached hydrogen (secondary N) is 1. The van der Waals surface area contributed by atoms with Crippen molar-refractivity contribution in [1.29, 1.82) is 0 Å². The Morgan fingerprint density at radius 3 is 2.42 bits per heavy atom. The van der Waals surface area contributed by atoms with E-state index in [2.05, 4.69) is 10.2 Å². The first-order chi connectivity index (χ1) is 12.7. The fourth-order valence-corrected chi connectivity index (χ4v) is 3.64. The van der Waals surface area contributed by atoms with Gasteiger partial charge in [0.2, 0.25) is 11.8 Å². The van der Waals surface area contributed by atoms with Crippen LogP contribution in [0.25, 0.3) is 0 Å². The minimum absolute atomic E-state index is 0.0500. The van der Waals surface area contributed by atoms with Gasteiger partial charge in [0.05, 0.1) is 19.8 Å². The molecule has 0 unspecified atom stereocenters. The van der Waals surface area contributed by atoms with Crippen molar-refractivity contribution in [3.63, 3.8) is 0 Å². The predicted octanol–water partition coefficient (Wildman–Crippen LogP) is 0.880. The average molecular weight is 370 g/mol. The first-order valence-corrected chi connectivity index (χ1v) is 10.0. The molecular weight excluding hydrogens is 334 g/mol.